The Bertz CT molecular complexity index is 979. The van der Waals surface area contributed by atoms with Crippen LogP contribution in [-0.4, -0.2) is 54.7 Å². The maximum absolute atomic E-state index is 12.9. The highest BCUT2D eigenvalue weighted by Gasteiger charge is 2.22. The average Bonchev–Trinajstić information content (AvgIpc) is 2.80. The lowest BCUT2D eigenvalue weighted by atomic mass is 10.1. The molecule has 2 aromatic carbocycles. The van der Waals surface area contributed by atoms with Gasteiger partial charge in [-0.25, -0.2) is 0 Å². The van der Waals surface area contributed by atoms with Crippen LogP contribution in [0.2, 0.25) is 0 Å². The summed E-state index contributed by atoms with van der Waals surface area (Å²) >= 11 is 8.75. The zero-order valence-electron chi connectivity index (χ0n) is 17.9. The number of thiocarbonyl (C=S) groups is 1. The number of nitrogens with zero attached hydrogens (tertiary/aromatic N) is 1. The molecular weight excluding hydrogens is 494 g/mol. The van der Waals surface area contributed by atoms with E-state index in [9.17, 15) is 9.59 Å². The largest absolute Gasteiger partial charge is 0.493 e. The highest BCUT2D eigenvalue weighted by molar-refractivity contribution is 9.10. The molecule has 170 valence electrons. The molecule has 0 saturated carbocycles. The quantitative estimate of drug-likeness (QED) is 0.421. The highest BCUT2D eigenvalue weighted by Crippen LogP contribution is 2.24. The van der Waals surface area contributed by atoms with E-state index in [-0.39, 0.29) is 11.0 Å². The first kappa shape index (κ1) is 24.2. The minimum Gasteiger partial charge on any atom is -0.493 e. The van der Waals surface area contributed by atoms with Gasteiger partial charge >= 0.3 is 0 Å². The van der Waals surface area contributed by atoms with Crippen molar-refractivity contribution >= 4 is 50.8 Å². The number of para-hydroxylation sites is 1. The van der Waals surface area contributed by atoms with Crippen LogP contribution in [0.1, 0.15) is 40.5 Å². The molecule has 1 fully saturated rings. The molecule has 9 heteroatoms. The Balaban J connectivity index is 1.69. The fourth-order valence-electron chi connectivity index (χ4n) is 3.17. The summed E-state index contributed by atoms with van der Waals surface area (Å²) in [5, 5.41) is 5.76. The van der Waals surface area contributed by atoms with Crippen molar-refractivity contribution in [1.29, 1.82) is 0 Å². The molecule has 1 saturated heterocycles. The summed E-state index contributed by atoms with van der Waals surface area (Å²) in [5.74, 6) is -0.0127. The third-order valence-corrected chi connectivity index (χ3v) is 5.57. The van der Waals surface area contributed by atoms with Crippen LogP contribution in [-0.2, 0) is 4.74 Å². The van der Waals surface area contributed by atoms with Crippen molar-refractivity contribution in [2.75, 3.05) is 38.2 Å². The molecule has 0 aliphatic carbocycles. The monoisotopic (exact) mass is 519 g/mol. The zero-order chi connectivity index (χ0) is 22.9. The van der Waals surface area contributed by atoms with Crippen molar-refractivity contribution < 1.29 is 19.1 Å². The number of morpholine rings is 1. The lowest BCUT2D eigenvalue weighted by molar-refractivity contribution is 0.0303. The molecule has 2 amide bonds. The van der Waals surface area contributed by atoms with Crippen LogP contribution in [0.4, 0.5) is 5.69 Å². The molecule has 0 bridgehead atoms. The molecule has 1 heterocycles. The molecule has 0 radical (unpaired) electrons. The van der Waals surface area contributed by atoms with Gasteiger partial charge in [-0.3, -0.25) is 14.9 Å². The summed E-state index contributed by atoms with van der Waals surface area (Å²) in [6.07, 6.45) is 1.89. The number of unbranched alkanes of at least 4 members (excludes halogenated alkanes) is 1. The number of rotatable bonds is 7. The van der Waals surface area contributed by atoms with Crippen molar-refractivity contribution in [2.24, 2.45) is 0 Å². The number of carbonyl (C=O) groups is 2. The van der Waals surface area contributed by atoms with Crippen molar-refractivity contribution in [3.63, 3.8) is 0 Å². The maximum Gasteiger partial charge on any atom is 0.261 e. The van der Waals surface area contributed by atoms with Crippen LogP contribution < -0.4 is 15.4 Å². The van der Waals surface area contributed by atoms with Crippen LogP contribution in [0, 0.1) is 0 Å². The first-order chi connectivity index (χ1) is 15.5. The summed E-state index contributed by atoms with van der Waals surface area (Å²) in [6, 6.07) is 12.3. The van der Waals surface area contributed by atoms with Gasteiger partial charge in [-0.1, -0.05) is 41.4 Å². The number of amides is 2. The van der Waals surface area contributed by atoms with Crippen LogP contribution in [0.3, 0.4) is 0 Å². The van der Waals surface area contributed by atoms with Crippen LogP contribution in [0.15, 0.2) is 46.9 Å². The number of carbonyl (C=O) groups excluding carboxylic acids is 2. The number of anilines is 1. The summed E-state index contributed by atoms with van der Waals surface area (Å²) in [7, 11) is 0. The average molecular weight is 520 g/mol. The molecular formula is C23H26BrN3O4S. The van der Waals surface area contributed by atoms with Gasteiger partial charge in [0, 0.05) is 17.6 Å². The first-order valence-corrected chi connectivity index (χ1v) is 11.7. The van der Waals surface area contributed by atoms with Crippen molar-refractivity contribution in [3.05, 3.63) is 58.1 Å². The Hall–Kier alpha value is -2.49. The fraction of sp³-hybridized carbons (Fsp3) is 0.348. The van der Waals surface area contributed by atoms with Gasteiger partial charge in [0.1, 0.15) is 5.75 Å². The molecule has 2 aromatic rings. The minimum atomic E-state index is -0.396. The van der Waals surface area contributed by atoms with Gasteiger partial charge in [0.05, 0.1) is 36.6 Å². The molecule has 0 unspecified atom stereocenters. The van der Waals surface area contributed by atoms with Gasteiger partial charge in [0.15, 0.2) is 5.11 Å². The number of ether oxygens (including phenoxy) is 2. The third kappa shape index (κ3) is 6.51. The Labute approximate surface area is 201 Å². The van der Waals surface area contributed by atoms with Gasteiger partial charge in [0.2, 0.25) is 0 Å². The van der Waals surface area contributed by atoms with Gasteiger partial charge in [-0.05, 0) is 49.0 Å². The highest BCUT2D eigenvalue weighted by atomic mass is 79.9. The van der Waals surface area contributed by atoms with Crippen LogP contribution >= 0.6 is 28.1 Å². The number of nitrogens with one attached hydrogen (secondary N) is 2. The van der Waals surface area contributed by atoms with E-state index < -0.39 is 5.91 Å². The van der Waals surface area contributed by atoms with Crippen LogP contribution in [0.25, 0.3) is 0 Å². The number of halogens is 1. The predicted octanol–water partition coefficient (Wildman–Crippen LogP) is 4.23. The van der Waals surface area contributed by atoms with Crippen molar-refractivity contribution in [2.45, 2.75) is 19.8 Å². The normalized spacial score (nSPS) is 13.4. The molecule has 0 spiro atoms. The second-order valence-electron chi connectivity index (χ2n) is 7.20. The van der Waals surface area contributed by atoms with E-state index in [1.807, 2.05) is 6.07 Å². The molecule has 3 rings (SSSR count). The SMILES string of the molecule is CCCCOc1ccc(Br)cc1C(=O)NC(=S)Nc1ccccc1C(=O)N1CCOCC1. The Morgan fingerprint density at radius 2 is 1.91 bits per heavy atom. The Morgan fingerprint density at radius 1 is 1.16 bits per heavy atom. The molecule has 0 aromatic heterocycles. The minimum absolute atomic E-state index is 0.0942. The Kier molecular flexibility index (Phi) is 9.01. The molecule has 0 atom stereocenters. The topological polar surface area (TPSA) is 79.9 Å². The maximum atomic E-state index is 12.9. The first-order valence-electron chi connectivity index (χ1n) is 10.5. The van der Waals surface area contributed by atoms with E-state index in [1.165, 1.54) is 0 Å². The van der Waals surface area contributed by atoms with E-state index in [2.05, 4.69) is 33.5 Å². The van der Waals surface area contributed by atoms with E-state index in [0.717, 1.165) is 17.3 Å². The lowest BCUT2D eigenvalue weighted by Crippen LogP contribution is -2.41. The molecule has 32 heavy (non-hydrogen) atoms. The molecule has 1 aliphatic rings. The summed E-state index contributed by atoms with van der Waals surface area (Å²) < 4.78 is 11.8. The third-order valence-electron chi connectivity index (χ3n) is 4.87. The predicted molar refractivity (Wildman–Crippen MR) is 131 cm³/mol. The van der Waals surface area contributed by atoms with E-state index in [1.54, 1.807) is 41.3 Å². The van der Waals surface area contributed by atoms with Gasteiger partial charge in [0.25, 0.3) is 11.8 Å². The number of hydrogen-bond donors (Lipinski definition) is 2. The van der Waals surface area contributed by atoms with Crippen molar-refractivity contribution in [3.8, 4) is 5.75 Å². The zero-order valence-corrected chi connectivity index (χ0v) is 20.3. The smallest absolute Gasteiger partial charge is 0.261 e. The molecule has 7 nitrogen and oxygen atoms in total. The second kappa shape index (κ2) is 11.9. The Morgan fingerprint density at radius 3 is 2.66 bits per heavy atom. The van der Waals surface area contributed by atoms with E-state index >= 15 is 0 Å². The van der Waals surface area contributed by atoms with Gasteiger partial charge in [-0.2, -0.15) is 0 Å². The summed E-state index contributed by atoms with van der Waals surface area (Å²) in [5.41, 5.74) is 1.39. The van der Waals surface area contributed by atoms with Crippen molar-refractivity contribution in [1.82, 2.24) is 10.2 Å². The summed E-state index contributed by atoms with van der Waals surface area (Å²) in [4.78, 5) is 27.6. The molecule has 1 aliphatic heterocycles. The van der Waals surface area contributed by atoms with Crippen LogP contribution in [0.5, 0.6) is 5.75 Å². The fourth-order valence-corrected chi connectivity index (χ4v) is 3.74. The lowest BCUT2D eigenvalue weighted by Gasteiger charge is -2.27. The van der Waals surface area contributed by atoms with E-state index in [4.69, 9.17) is 21.7 Å². The number of hydrogen-bond acceptors (Lipinski definition) is 5. The second-order valence-corrected chi connectivity index (χ2v) is 8.52. The summed E-state index contributed by atoms with van der Waals surface area (Å²) in [6.45, 7) is 4.72. The molecule has 2 N–H and O–H groups in total. The van der Waals surface area contributed by atoms with E-state index in [0.29, 0.717) is 55.5 Å². The standard InChI is InChI=1S/C23H26BrN3O4S/c1-2-3-12-31-20-9-8-16(24)15-18(20)21(28)26-23(32)25-19-7-5-4-6-17(19)22(29)27-10-13-30-14-11-27/h4-9,15H,2-3,10-14H2,1H3,(H2,25,26,28,32). The van der Waals surface area contributed by atoms with Gasteiger partial charge < -0.3 is 19.7 Å². The van der Waals surface area contributed by atoms with Gasteiger partial charge in [-0.15, -0.1) is 0 Å². The number of benzene rings is 2.